The van der Waals surface area contributed by atoms with Crippen LogP contribution in [-0.2, 0) is 12.5 Å². The molecule has 0 bridgehead atoms. The zero-order valence-electron chi connectivity index (χ0n) is 11.8. The Hall–Kier alpha value is -1.68. The number of aromatic nitrogens is 1. The van der Waals surface area contributed by atoms with Crippen molar-refractivity contribution in [2.75, 3.05) is 7.05 Å². The summed E-state index contributed by atoms with van der Waals surface area (Å²) in [6.07, 6.45) is 4.43. The molecule has 0 aliphatic carbocycles. The highest BCUT2D eigenvalue weighted by Gasteiger charge is 2.31. The summed E-state index contributed by atoms with van der Waals surface area (Å²) in [5.74, 6) is -2.86. The minimum absolute atomic E-state index is 0.0518. The molecule has 0 spiro atoms. The summed E-state index contributed by atoms with van der Waals surface area (Å²) in [4.78, 5) is 0. The minimum Gasteiger partial charge on any atom is -0.348 e. The number of nitrogens with zero attached hydrogens (tertiary/aromatic N) is 1. The molecule has 0 radical (unpaired) electrons. The standard InChI is InChI=1S/C16H20F2N2/c1-3-15(19-2)13-9-10-20(11-13)12-16(17,18)14-7-5-4-6-8-14/h4-11,15,19H,3,12H2,1-2H3. The Kier molecular flexibility index (Phi) is 4.55. The van der Waals surface area contributed by atoms with E-state index in [2.05, 4.69) is 12.2 Å². The highest BCUT2D eigenvalue weighted by molar-refractivity contribution is 5.21. The molecule has 0 amide bonds. The largest absolute Gasteiger partial charge is 0.348 e. The first kappa shape index (κ1) is 14.7. The fraction of sp³-hybridized carbons (Fsp3) is 0.375. The van der Waals surface area contributed by atoms with Crippen molar-refractivity contribution in [1.82, 2.24) is 9.88 Å². The first-order valence-corrected chi connectivity index (χ1v) is 6.83. The van der Waals surface area contributed by atoms with E-state index in [4.69, 9.17) is 0 Å². The van der Waals surface area contributed by atoms with Gasteiger partial charge in [-0.3, -0.25) is 0 Å². The van der Waals surface area contributed by atoms with Crippen LogP contribution in [0.2, 0.25) is 0 Å². The Morgan fingerprint density at radius 2 is 1.90 bits per heavy atom. The van der Waals surface area contributed by atoms with Gasteiger partial charge in [0.25, 0.3) is 5.92 Å². The molecule has 1 aromatic heterocycles. The number of hydrogen-bond donors (Lipinski definition) is 1. The van der Waals surface area contributed by atoms with Gasteiger partial charge in [-0.15, -0.1) is 0 Å². The molecule has 0 aliphatic rings. The van der Waals surface area contributed by atoms with E-state index in [9.17, 15) is 8.78 Å². The summed E-state index contributed by atoms with van der Waals surface area (Å²) >= 11 is 0. The third-order valence-corrected chi connectivity index (χ3v) is 3.51. The molecule has 1 aromatic carbocycles. The summed E-state index contributed by atoms with van der Waals surface area (Å²) in [5, 5.41) is 3.18. The summed E-state index contributed by atoms with van der Waals surface area (Å²) < 4.78 is 29.9. The smallest absolute Gasteiger partial charge is 0.290 e. The highest BCUT2D eigenvalue weighted by atomic mass is 19.3. The average Bonchev–Trinajstić information content (AvgIpc) is 2.89. The molecule has 20 heavy (non-hydrogen) atoms. The SMILES string of the molecule is CCC(NC)c1ccn(CC(F)(F)c2ccccc2)c1. The number of alkyl halides is 2. The lowest BCUT2D eigenvalue weighted by Gasteiger charge is -2.17. The second kappa shape index (κ2) is 6.18. The van der Waals surface area contributed by atoms with Crippen LogP contribution in [0.5, 0.6) is 0 Å². The normalized spacial score (nSPS) is 13.4. The summed E-state index contributed by atoms with van der Waals surface area (Å²) in [6.45, 7) is 1.73. The maximum atomic E-state index is 14.2. The first-order valence-electron chi connectivity index (χ1n) is 6.83. The Labute approximate surface area is 118 Å². The molecule has 2 nitrogen and oxygen atoms in total. The molecule has 1 N–H and O–H groups in total. The van der Waals surface area contributed by atoms with Gasteiger partial charge in [0.2, 0.25) is 0 Å². The molecular formula is C16H20F2N2. The van der Waals surface area contributed by atoms with Gasteiger partial charge in [-0.05, 0) is 25.1 Å². The van der Waals surface area contributed by atoms with Crippen LogP contribution in [0, 0.1) is 0 Å². The van der Waals surface area contributed by atoms with Crippen molar-refractivity contribution in [2.45, 2.75) is 31.9 Å². The Morgan fingerprint density at radius 3 is 2.50 bits per heavy atom. The fourth-order valence-electron chi connectivity index (χ4n) is 2.37. The Bertz CT molecular complexity index is 530. The molecule has 0 fully saturated rings. The summed E-state index contributed by atoms with van der Waals surface area (Å²) in [6, 6.07) is 10.1. The van der Waals surface area contributed by atoms with Crippen molar-refractivity contribution in [3.05, 3.63) is 59.9 Å². The van der Waals surface area contributed by atoms with E-state index in [1.165, 1.54) is 12.1 Å². The van der Waals surface area contributed by atoms with E-state index < -0.39 is 5.92 Å². The molecule has 108 valence electrons. The van der Waals surface area contributed by atoms with E-state index in [0.717, 1.165) is 12.0 Å². The summed E-state index contributed by atoms with van der Waals surface area (Å²) in [5.41, 5.74) is 1.09. The van der Waals surface area contributed by atoms with Crippen LogP contribution in [0.1, 0.15) is 30.5 Å². The van der Waals surface area contributed by atoms with Crippen molar-refractivity contribution in [1.29, 1.82) is 0 Å². The predicted molar refractivity (Wildman–Crippen MR) is 76.9 cm³/mol. The van der Waals surface area contributed by atoms with Crippen molar-refractivity contribution >= 4 is 0 Å². The molecule has 2 aromatic rings. The average molecular weight is 278 g/mol. The van der Waals surface area contributed by atoms with Gasteiger partial charge < -0.3 is 9.88 Å². The topological polar surface area (TPSA) is 17.0 Å². The fourth-order valence-corrected chi connectivity index (χ4v) is 2.37. The van der Waals surface area contributed by atoms with E-state index in [0.29, 0.717) is 0 Å². The third-order valence-electron chi connectivity index (χ3n) is 3.51. The number of nitrogens with one attached hydrogen (secondary N) is 1. The van der Waals surface area contributed by atoms with E-state index in [1.807, 2.05) is 13.1 Å². The summed E-state index contributed by atoms with van der Waals surface area (Å²) in [7, 11) is 1.88. The zero-order chi connectivity index (χ0) is 14.6. The first-order chi connectivity index (χ1) is 9.56. The van der Waals surface area contributed by atoms with Crippen LogP contribution in [0.4, 0.5) is 8.78 Å². The van der Waals surface area contributed by atoms with Gasteiger partial charge in [-0.2, -0.15) is 8.78 Å². The molecule has 1 unspecified atom stereocenters. The molecular weight excluding hydrogens is 258 g/mol. The van der Waals surface area contributed by atoms with Gasteiger partial charge in [0.05, 0.1) is 6.54 Å². The maximum Gasteiger partial charge on any atom is 0.290 e. The lowest BCUT2D eigenvalue weighted by atomic mass is 10.1. The lowest BCUT2D eigenvalue weighted by molar-refractivity contribution is -0.0221. The second-order valence-electron chi connectivity index (χ2n) is 4.94. The monoisotopic (exact) mass is 278 g/mol. The number of benzene rings is 1. The van der Waals surface area contributed by atoms with Crippen molar-refractivity contribution in [3.63, 3.8) is 0 Å². The highest BCUT2D eigenvalue weighted by Crippen LogP contribution is 2.30. The van der Waals surface area contributed by atoms with Crippen LogP contribution in [0.25, 0.3) is 0 Å². The number of hydrogen-bond acceptors (Lipinski definition) is 1. The molecule has 0 saturated heterocycles. The van der Waals surface area contributed by atoms with Gasteiger partial charge in [0, 0.05) is 24.0 Å². The van der Waals surface area contributed by atoms with E-state index in [1.54, 1.807) is 35.2 Å². The van der Waals surface area contributed by atoms with Crippen LogP contribution >= 0.6 is 0 Å². The van der Waals surface area contributed by atoms with Crippen LogP contribution in [0.3, 0.4) is 0 Å². The van der Waals surface area contributed by atoms with Gasteiger partial charge in [0.15, 0.2) is 0 Å². The van der Waals surface area contributed by atoms with Crippen LogP contribution < -0.4 is 5.32 Å². The molecule has 0 saturated carbocycles. The third kappa shape index (κ3) is 3.25. The van der Waals surface area contributed by atoms with Gasteiger partial charge in [-0.1, -0.05) is 37.3 Å². The quantitative estimate of drug-likeness (QED) is 0.846. The number of rotatable bonds is 6. The molecule has 0 aliphatic heterocycles. The minimum atomic E-state index is -2.86. The van der Waals surface area contributed by atoms with Crippen molar-refractivity contribution in [2.24, 2.45) is 0 Å². The van der Waals surface area contributed by atoms with Gasteiger partial charge in [0.1, 0.15) is 0 Å². The van der Waals surface area contributed by atoms with Crippen LogP contribution in [0.15, 0.2) is 48.8 Å². The lowest BCUT2D eigenvalue weighted by Crippen LogP contribution is -2.20. The predicted octanol–water partition coefficient (Wildman–Crippen LogP) is 3.95. The van der Waals surface area contributed by atoms with Gasteiger partial charge >= 0.3 is 0 Å². The van der Waals surface area contributed by atoms with Crippen molar-refractivity contribution < 1.29 is 8.78 Å². The van der Waals surface area contributed by atoms with Crippen LogP contribution in [-0.4, -0.2) is 11.6 Å². The molecule has 2 rings (SSSR count). The van der Waals surface area contributed by atoms with E-state index in [-0.39, 0.29) is 18.2 Å². The Morgan fingerprint density at radius 1 is 1.20 bits per heavy atom. The Balaban J connectivity index is 2.14. The molecule has 1 heterocycles. The van der Waals surface area contributed by atoms with E-state index >= 15 is 0 Å². The molecule has 4 heteroatoms. The molecule has 1 atom stereocenters. The second-order valence-corrected chi connectivity index (χ2v) is 4.94. The zero-order valence-corrected chi connectivity index (χ0v) is 11.8. The maximum absolute atomic E-state index is 14.2. The van der Waals surface area contributed by atoms with Crippen molar-refractivity contribution in [3.8, 4) is 0 Å². The number of halogens is 2. The van der Waals surface area contributed by atoms with Gasteiger partial charge in [-0.25, -0.2) is 0 Å².